The molecule has 0 spiro atoms. The van der Waals surface area contributed by atoms with E-state index in [4.69, 9.17) is 9.15 Å². The zero-order chi connectivity index (χ0) is 13.9. The van der Waals surface area contributed by atoms with Crippen molar-refractivity contribution in [3.8, 4) is 0 Å². The van der Waals surface area contributed by atoms with E-state index in [-0.39, 0.29) is 11.9 Å². The molecule has 2 aromatic rings. The summed E-state index contributed by atoms with van der Waals surface area (Å²) < 4.78 is 11.2. The molecule has 2 heterocycles. The van der Waals surface area contributed by atoms with Crippen molar-refractivity contribution >= 4 is 16.8 Å². The van der Waals surface area contributed by atoms with Crippen LogP contribution in [0.3, 0.4) is 0 Å². The Morgan fingerprint density at radius 2 is 2.25 bits per heavy atom. The summed E-state index contributed by atoms with van der Waals surface area (Å²) in [6.07, 6.45) is 1.22. The van der Waals surface area contributed by atoms with Crippen LogP contribution in [0.15, 0.2) is 34.7 Å². The molecule has 3 rings (SSSR count). The first-order valence-electron chi connectivity index (χ1n) is 7.12. The van der Waals surface area contributed by atoms with Gasteiger partial charge in [-0.1, -0.05) is 25.1 Å². The third kappa shape index (κ3) is 2.76. The summed E-state index contributed by atoms with van der Waals surface area (Å²) in [5, 5.41) is 0.976. The molecule has 0 aliphatic carbocycles. The maximum atomic E-state index is 12.3. The van der Waals surface area contributed by atoms with Crippen molar-refractivity contribution in [2.24, 2.45) is 0 Å². The second-order valence-corrected chi connectivity index (χ2v) is 5.21. The zero-order valence-electron chi connectivity index (χ0n) is 11.7. The van der Waals surface area contributed by atoms with Crippen LogP contribution in [0.25, 0.3) is 11.0 Å². The molecule has 1 atom stereocenters. The van der Waals surface area contributed by atoms with Gasteiger partial charge in [0.1, 0.15) is 5.58 Å². The average Bonchev–Trinajstić information content (AvgIpc) is 2.91. The van der Waals surface area contributed by atoms with Crippen molar-refractivity contribution in [1.82, 2.24) is 4.90 Å². The fraction of sp³-hybridized carbons (Fsp3) is 0.438. The van der Waals surface area contributed by atoms with Gasteiger partial charge in [0.15, 0.2) is 5.76 Å². The highest BCUT2D eigenvalue weighted by Crippen LogP contribution is 2.19. The smallest absolute Gasteiger partial charge is 0.211 e. The van der Waals surface area contributed by atoms with Gasteiger partial charge in [0.2, 0.25) is 5.78 Å². The lowest BCUT2D eigenvalue weighted by atomic mass is 10.2. The third-order valence-electron chi connectivity index (χ3n) is 3.75. The molecule has 1 aromatic heterocycles. The number of ketones is 1. The molecule has 4 nitrogen and oxygen atoms in total. The Balaban J connectivity index is 1.69. The Labute approximate surface area is 118 Å². The number of morpholine rings is 1. The predicted molar refractivity (Wildman–Crippen MR) is 77.0 cm³/mol. The molecule has 0 saturated carbocycles. The van der Waals surface area contributed by atoms with Crippen LogP contribution in [-0.4, -0.2) is 43.0 Å². The first-order valence-corrected chi connectivity index (χ1v) is 7.12. The molecular weight excluding hydrogens is 254 g/mol. The molecule has 1 fully saturated rings. The molecule has 0 N–H and O–H groups in total. The predicted octanol–water partition coefficient (Wildman–Crippen LogP) is 2.73. The Morgan fingerprint density at radius 3 is 3.05 bits per heavy atom. The monoisotopic (exact) mass is 273 g/mol. The van der Waals surface area contributed by atoms with Gasteiger partial charge < -0.3 is 9.15 Å². The first kappa shape index (κ1) is 13.3. The van der Waals surface area contributed by atoms with Crippen LogP contribution in [0.4, 0.5) is 0 Å². The second-order valence-electron chi connectivity index (χ2n) is 5.21. The average molecular weight is 273 g/mol. The number of hydrogen-bond acceptors (Lipinski definition) is 4. The molecule has 1 aliphatic heterocycles. The van der Waals surface area contributed by atoms with Gasteiger partial charge in [0.25, 0.3) is 0 Å². The van der Waals surface area contributed by atoms with Crippen LogP contribution in [-0.2, 0) is 4.74 Å². The standard InChI is InChI=1S/C16H19NO3/c1-2-13-10-17(7-8-19-13)11-14(18)16-9-12-5-3-4-6-15(12)20-16/h3-6,9,13H,2,7-8,10-11H2,1H3. The van der Waals surface area contributed by atoms with Crippen molar-refractivity contribution in [1.29, 1.82) is 0 Å². The summed E-state index contributed by atoms with van der Waals surface area (Å²) in [5.74, 6) is 0.490. The van der Waals surface area contributed by atoms with Gasteiger partial charge in [0, 0.05) is 18.5 Å². The summed E-state index contributed by atoms with van der Waals surface area (Å²) in [4.78, 5) is 14.4. The number of Topliss-reactive ketones (excluding diaryl/α,β-unsaturated/α-hetero) is 1. The van der Waals surface area contributed by atoms with Crippen LogP contribution < -0.4 is 0 Å². The minimum atomic E-state index is 0.0398. The number of carbonyl (C=O) groups excluding carboxylic acids is 1. The highest BCUT2D eigenvalue weighted by atomic mass is 16.5. The summed E-state index contributed by atoms with van der Waals surface area (Å²) in [5.41, 5.74) is 0.768. The molecule has 106 valence electrons. The quantitative estimate of drug-likeness (QED) is 0.803. The maximum absolute atomic E-state index is 12.3. The summed E-state index contributed by atoms with van der Waals surface area (Å²) in [6.45, 7) is 4.84. The van der Waals surface area contributed by atoms with Crippen LogP contribution >= 0.6 is 0 Å². The van der Waals surface area contributed by atoms with Gasteiger partial charge in [-0.3, -0.25) is 9.69 Å². The maximum Gasteiger partial charge on any atom is 0.211 e. The molecule has 1 unspecified atom stereocenters. The molecule has 1 saturated heterocycles. The van der Waals surface area contributed by atoms with Crippen molar-refractivity contribution in [2.75, 3.05) is 26.2 Å². The number of furan rings is 1. The van der Waals surface area contributed by atoms with Gasteiger partial charge in [-0.05, 0) is 18.6 Å². The van der Waals surface area contributed by atoms with E-state index in [1.807, 2.05) is 30.3 Å². The van der Waals surface area contributed by atoms with Crippen molar-refractivity contribution in [3.05, 3.63) is 36.1 Å². The fourth-order valence-electron chi connectivity index (χ4n) is 2.57. The van der Waals surface area contributed by atoms with E-state index in [0.29, 0.717) is 18.9 Å². The molecular formula is C16H19NO3. The molecule has 0 radical (unpaired) electrons. The van der Waals surface area contributed by atoms with Crippen LogP contribution in [0, 0.1) is 0 Å². The van der Waals surface area contributed by atoms with Crippen LogP contribution in [0.2, 0.25) is 0 Å². The van der Waals surface area contributed by atoms with Gasteiger partial charge in [-0.2, -0.15) is 0 Å². The number of hydrogen-bond donors (Lipinski definition) is 0. The Morgan fingerprint density at radius 1 is 1.40 bits per heavy atom. The zero-order valence-corrected chi connectivity index (χ0v) is 11.7. The topological polar surface area (TPSA) is 42.7 Å². The summed E-state index contributed by atoms with van der Waals surface area (Å²) in [6, 6.07) is 9.52. The minimum Gasteiger partial charge on any atom is -0.453 e. The molecule has 4 heteroatoms. The molecule has 0 bridgehead atoms. The molecule has 20 heavy (non-hydrogen) atoms. The number of ether oxygens (including phenoxy) is 1. The normalized spacial score (nSPS) is 20.4. The second kappa shape index (κ2) is 5.77. The van der Waals surface area contributed by atoms with Crippen LogP contribution in [0.1, 0.15) is 23.9 Å². The van der Waals surface area contributed by atoms with Gasteiger partial charge >= 0.3 is 0 Å². The van der Waals surface area contributed by atoms with E-state index in [9.17, 15) is 4.79 Å². The van der Waals surface area contributed by atoms with Crippen LogP contribution in [0.5, 0.6) is 0 Å². The van der Waals surface area contributed by atoms with E-state index in [1.165, 1.54) is 0 Å². The number of rotatable bonds is 4. The van der Waals surface area contributed by atoms with E-state index in [2.05, 4.69) is 11.8 Å². The Bertz CT molecular complexity index is 572. The Kier molecular flexibility index (Phi) is 3.85. The molecule has 1 aromatic carbocycles. The number of benzene rings is 1. The molecule has 0 amide bonds. The van der Waals surface area contributed by atoms with Gasteiger partial charge in [-0.25, -0.2) is 0 Å². The lowest BCUT2D eigenvalue weighted by Crippen LogP contribution is -2.44. The minimum absolute atomic E-state index is 0.0398. The third-order valence-corrected chi connectivity index (χ3v) is 3.75. The first-order chi connectivity index (χ1) is 9.76. The summed E-state index contributed by atoms with van der Waals surface area (Å²) in [7, 11) is 0. The van der Waals surface area contributed by atoms with E-state index < -0.39 is 0 Å². The highest BCUT2D eigenvalue weighted by Gasteiger charge is 2.22. The number of fused-ring (bicyclic) bond motifs is 1. The fourth-order valence-corrected chi connectivity index (χ4v) is 2.57. The SMILES string of the molecule is CCC1CN(CC(=O)c2cc3ccccc3o2)CCO1. The lowest BCUT2D eigenvalue weighted by molar-refractivity contribution is -0.0273. The largest absolute Gasteiger partial charge is 0.453 e. The van der Waals surface area contributed by atoms with E-state index >= 15 is 0 Å². The van der Waals surface area contributed by atoms with Gasteiger partial charge in [0.05, 0.1) is 19.3 Å². The highest BCUT2D eigenvalue weighted by molar-refractivity contribution is 5.98. The van der Waals surface area contributed by atoms with E-state index in [1.54, 1.807) is 0 Å². The Hall–Kier alpha value is -1.65. The van der Waals surface area contributed by atoms with Crippen molar-refractivity contribution in [2.45, 2.75) is 19.4 Å². The molecule has 1 aliphatic rings. The summed E-state index contributed by atoms with van der Waals surface area (Å²) >= 11 is 0. The van der Waals surface area contributed by atoms with Gasteiger partial charge in [-0.15, -0.1) is 0 Å². The number of para-hydroxylation sites is 1. The lowest BCUT2D eigenvalue weighted by Gasteiger charge is -2.31. The number of nitrogens with zero attached hydrogens (tertiary/aromatic N) is 1. The van der Waals surface area contributed by atoms with Crippen molar-refractivity contribution in [3.63, 3.8) is 0 Å². The van der Waals surface area contributed by atoms with E-state index in [0.717, 1.165) is 30.5 Å². The van der Waals surface area contributed by atoms with Crippen molar-refractivity contribution < 1.29 is 13.9 Å². The number of carbonyl (C=O) groups is 1.